The zero-order valence-electron chi connectivity index (χ0n) is 7.96. The molecule has 0 aromatic carbocycles. The lowest BCUT2D eigenvalue weighted by atomic mass is 10.0. The molecule has 0 spiro atoms. The summed E-state index contributed by atoms with van der Waals surface area (Å²) in [5.41, 5.74) is 0. The molecular formula is C10H15BrOS. The van der Waals surface area contributed by atoms with Crippen LogP contribution in [0.1, 0.15) is 25.1 Å². The predicted octanol–water partition coefficient (Wildman–Crippen LogP) is 3.46. The van der Waals surface area contributed by atoms with Crippen molar-refractivity contribution in [3.8, 4) is 0 Å². The first-order valence-electron chi connectivity index (χ1n) is 4.52. The Morgan fingerprint density at radius 2 is 2.15 bits per heavy atom. The van der Waals surface area contributed by atoms with Crippen LogP contribution in [0.25, 0.3) is 0 Å². The highest BCUT2D eigenvalue weighted by atomic mass is 79.9. The van der Waals surface area contributed by atoms with E-state index in [-0.39, 0.29) is 6.10 Å². The highest BCUT2D eigenvalue weighted by molar-refractivity contribution is 9.11. The van der Waals surface area contributed by atoms with E-state index in [1.54, 1.807) is 11.3 Å². The van der Waals surface area contributed by atoms with E-state index in [0.717, 1.165) is 12.8 Å². The van der Waals surface area contributed by atoms with Gasteiger partial charge < -0.3 is 5.11 Å². The highest BCUT2D eigenvalue weighted by Crippen LogP contribution is 2.23. The number of aryl methyl sites for hydroxylation is 1. The normalized spacial score (nSPS) is 13.6. The molecule has 1 N–H and O–H groups in total. The Bertz CT molecular complexity index is 257. The first-order valence-corrected chi connectivity index (χ1v) is 6.13. The first kappa shape index (κ1) is 11.2. The van der Waals surface area contributed by atoms with Crippen molar-refractivity contribution in [2.24, 2.45) is 5.92 Å². The van der Waals surface area contributed by atoms with E-state index in [2.05, 4.69) is 41.9 Å². The van der Waals surface area contributed by atoms with Crippen molar-refractivity contribution in [2.75, 3.05) is 0 Å². The van der Waals surface area contributed by atoms with Crippen molar-refractivity contribution >= 4 is 27.3 Å². The predicted molar refractivity (Wildman–Crippen MR) is 61.2 cm³/mol. The third kappa shape index (κ3) is 3.79. The maximum absolute atomic E-state index is 9.59. The van der Waals surface area contributed by atoms with Gasteiger partial charge in [0.2, 0.25) is 0 Å². The van der Waals surface area contributed by atoms with Crippen LogP contribution in [0.5, 0.6) is 0 Å². The molecule has 1 nitrogen and oxygen atoms in total. The lowest BCUT2D eigenvalue weighted by Gasteiger charge is -2.12. The fraction of sp³-hybridized carbons (Fsp3) is 0.600. The van der Waals surface area contributed by atoms with Crippen molar-refractivity contribution in [1.82, 2.24) is 0 Å². The van der Waals surface area contributed by atoms with Crippen LogP contribution in [0, 0.1) is 5.92 Å². The Balaban J connectivity index is 2.35. The van der Waals surface area contributed by atoms with Gasteiger partial charge in [0.1, 0.15) is 0 Å². The summed E-state index contributed by atoms with van der Waals surface area (Å²) in [6.45, 7) is 4.10. The summed E-state index contributed by atoms with van der Waals surface area (Å²) in [4.78, 5) is 1.34. The summed E-state index contributed by atoms with van der Waals surface area (Å²) >= 11 is 5.17. The molecule has 3 heteroatoms. The van der Waals surface area contributed by atoms with Gasteiger partial charge in [0.05, 0.1) is 9.89 Å². The lowest BCUT2D eigenvalue weighted by Crippen LogP contribution is -2.14. The number of thiophene rings is 1. The summed E-state index contributed by atoms with van der Waals surface area (Å²) in [6.07, 6.45) is 1.68. The molecule has 0 saturated carbocycles. The van der Waals surface area contributed by atoms with E-state index < -0.39 is 0 Å². The largest absolute Gasteiger partial charge is 0.393 e. The molecule has 13 heavy (non-hydrogen) atoms. The molecule has 0 radical (unpaired) electrons. The molecule has 1 aromatic rings. The SMILES string of the molecule is CC(C)C(O)CCc1ccc(Br)s1. The number of aliphatic hydroxyl groups is 1. The Labute approximate surface area is 91.9 Å². The van der Waals surface area contributed by atoms with E-state index in [1.165, 1.54) is 8.66 Å². The maximum atomic E-state index is 9.59. The average Bonchev–Trinajstić information content (AvgIpc) is 2.47. The Kier molecular flexibility index (Phi) is 4.42. The summed E-state index contributed by atoms with van der Waals surface area (Å²) < 4.78 is 1.17. The van der Waals surface area contributed by atoms with Crippen molar-refractivity contribution in [2.45, 2.75) is 32.8 Å². The maximum Gasteiger partial charge on any atom is 0.0701 e. The molecule has 1 heterocycles. The minimum Gasteiger partial charge on any atom is -0.393 e. The van der Waals surface area contributed by atoms with Crippen molar-refractivity contribution in [1.29, 1.82) is 0 Å². The fourth-order valence-corrected chi connectivity index (χ4v) is 2.61. The van der Waals surface area contributed by atoms with E-state index in [9.17, 15) is 5.11 Å². The van der Waals surface area contributed by atoms with Crippen LogP contribution in [0.2, 0.25) is 0 Å². The van der Waals surface area contributed by atoms with Gasteiger partial charge in [-0.2, -0.15) is 0 Å². The molecule has 1 aromatic heterocycles. The first-order chi connectivity index (χ1) is 6.09. The second-order valence-electron chi connectivity index (χ2n) is 3.56. The molecule has 0 aliphatic heterocycles. The fourth-order valence-electron chi connectivity index (χ4n) is 1.11. The van der Waals surface area contributed by atoms with Gasteiger partial charge in [-0.05, 0) is 46.8 Å². The van der Waals surface area contributed by atoms with Gasteiger partial charge in [0.25, 0.3) is 0 Å². The second-order valence-corrected chi connectivity index (χ2v) is 6.10. The molecule has 1 rings (SSSR count). The lowest BCUT2D eigenvalue weighted by molar-refractivity contribution is 0.117. The van der Waals surface area contributed by atoms with Crippen LogP contribution in [-0.4, -0.2) is 11.2 Å². The molecule has 74 valence electrons. The van der Waals surface area contributed by atoms with E-state index >= 15 is 0 Å². The van der Waals surface area contributed by atoms with Crippen molar-refractivity contribution in [3.63, 3.8) is 0 Å². The molecule has 1 atom stereocenters. The van der Waals surface area contributed by atoms with Crippen LogP contribution in [-0.2, 0) is 6.42 Å². The van der Waals surface area contributed by atoms with Crippen LogP contribution >= 0.6 is 27.3 Å². The van der Waals surface area contributed by atoms with E-state index in [4.69, 9.17) is 0 Å². The molecule has 0 aliphatic rings. The third-order valence-corrected chi connectivity index (χ3v) is 3.77. The quantitative estimate of drug-likeness (QED) is 0.882. The summed E-state index contributed by atoms with van der Waals surface area (Å²) in [5, 5.41) is 9.59. The standard InChI is InChI=1S/C10H15BrOS/c1-7(2)9(12)5-3-8-4-6-10(11)13-8/h4,6-7,9,12H,3,5H2,1-2H3. The van der Waals surface area contributed by atoms with Gasteiger partial charge >= 0.3 is 0 Å². The summed E-state index contributed by atoms with van der Waals surface area (Å²) in [7, 11) is 0. The van der Waals surface area contributed by atoms with Gasteiger partial charge in [-0.15, -0.1) is 11.3 Å². The third-order valence-electron chi connectivity index (χ3n) is 2.08. The molecule has 0 amide bonds. The van der Waals surface area contributed by atoms with Crippen molar-refractivity contribution in [3.05, 3.63) is 20.8 Å². The summed E-state index contributed by atoms with van der Waals surface area (Å²) in [5.74, 6) is 0.364. The number of rotatable bonds is 4. The number of hydrogen-bond acceptors (Lipinski definition) is 2. The molecule has 0 aliphatic carbocycles. The Morgan fingerprint density at radius 1 is 1.46 bits per heavy atom. The van der Waals surface area contributed by atoms with Crippen LogP contribution in [0.15, 0.2) is 15.9 Å². The molecule has 0 fully saturated rings. The van der Waals surface area contributed by atoms with Crippen molar-refractivity contribution < 1.29 is 5.11 Å². The monoisotopic (exact) mass is 262 g/mol. The Hall–Kier alpha value is 0.140. The summed E-state index contributed by atoms with van der Waals surface area (Å²) in [6, 6.07) is 4.17. The number of aliphatic hydroxyl groups excluding tert-OH is 1. The average molecular weight is 263 g/mol. The minimum atomic E-state index is -0.166. The topological polar surface area (TPSA) is 20.2 Å². The Morgan fingerprint density at radius 3 is 2.62 bits per heavy atom. The van der Waals surface area contributed by atoms with Crippen LogP contribution in [0.4, 0.5) is 0 Å². The second kappa shape index (κ2) is 5.13. The molecule has 1 unspecified atom stereocenters. The van der Waals surface area contributed by atoms with Gasteiger partial charge in [0, 0.05) is 4.88 Å². The number of halogens is 1. The van der Waals surface area contributed by atoms with Gasteiger partial charge in [-0.25, -0.2) is 0 Å². The minimum absolute atomic E-state index is 0.166. The van der Waals surface area contributed by atoms with Gasteiger partial charge in [-0.1, -0.05) is 13.8 Å². The zero-order chi connectivity index (χ0) is 9.84. The molecule has 0 bridgehead atoms. The smallest absolute Gasteiger partial charge is 0.0701 e. The van der Waals surface area contributed by atoms with E-state index in [1.807, 2.05) is 0 Å². The van der Waals surface area contributed by atoms with Crippen LogP contribution in [0.3, 0.4) is 0 Å². The van der Waals surface area contributed by atoms with E-state index in [0.29, 0.717) is 5.92 Å². The highest BCUT2D eigenvalue weighted by Gasteiger charge is 2.09. The zero-order valence-corrected chi connectivity index (χ0v) is 10.4. The molecular weight excluding hydrogens is 248 g/mol. The molecule has 0 saturated heterocycles. The van der Waals surface area contributed by atoms with Crippen LogP contribution < -0.4 is 0 Å². The number of hydrogen-bond donors (Lipinski definition) is 1. The van der Waals surface area contributed by atoms with Gasteiger partial charge in [-0.3, -0.25) is 0 Å². The van der Waals surface area contributed by atoms with Gasteiger partial charge in [0.15, 0.2) is 0 Å².